The molecule has 0 aliphatic rings. The zero-order valence-corrected chi connectivity index (χ0v) is 23.9. The fourth-order valence-corrected chi connectivity index (χ4v) is 4.61. The van der Waals surface area contributed by atoms with Crippen molar-refractivity contribution in [2.45, 2.75) is 26.2 Å². The van der Waals surface area contributed by atoms with Crippen molar-refractivity contribution in [3.8, 4) is 28.6 Å². The molecule has 0 saturated heterocycles. The third-order valence-corrected chi connectivity index (χ3v) is 6.52. The number of pyridine rings is 2. The summed E-state index contributed by atoms with van der Waals surface area (Å²) in [6.07, 6.45) is 3.58. The molecule has 0 atom stereocenters. The molecule has 3 aromatic heterocycles. The van der Waals surface area contributed by atoms with Crippen molar-refractivity contribution in [2.75, 3.05) is 0 Å². The Morgan fingerprint density at radius 1 is 0.821 bits per heavy atom. The number of ether oxygens (including phenoxy) is 1. The maximum absolute atomic E-state index is 7.55. The van der Waals surface area contributed by atoms with Crippen LogP contribution in [0.4, 0.5) is 5.69 Å². The van der Waals surface area contributed by atoms with Crippen LogP contribution in [-0.2, 0) is 26.5 Å². The van der Waals surface area contributed by atoms with Gasteiger partial charge in [-0.3, -0.25) is 4.85 Å². The fraction of sp³-hybridized carbons (Fsp3) is 0.121. The number of benzene rings is 3. The van der Waals surface area contributed by atoms with Gasteiger partial charge in [-0.15, -0.1) is 29.1 Å². The smallest absolute Gasteiger partial charge is 0.504 e. The Hall–Kier alpha value is -4.26. The van der Waals surface area contributed by atoms with E-state index in [1.54, 1.807) is 18.3 Å². The molecule has 0 unspecified atom stereocenters. The van der Waals surface area contributed by atoms with Crippen molar-refractivity contribution in [2.24, 2.45) is 0 Å². The predicted molar refractivity (Wildman–Crippen MR) is 151 cm³/mol. The van der Waals surface area contributed by atoms with Crippen molar-refractivity contribution < 1.29 is 25.8 Å². The molecule has 0 amide bonds. The Kier molecular flexibility index (Phi) is 7.08. The van der Waals surface area contributed by atoms with Crippen molar-refractivity contribution in [3.63, 3.8) is 0 Å². The minimum Gasteiger partial charge on any atom is -0.504 e. The molecule has 3 heterocycles. The summed E-state index contributed by atoms with van der Waals surface area (Å²) in [7, 11) is 0. The summed E-state index contributed by atoms with van der Waals surface area (Å²) < 4.78 is 8.37. The molecule has 5 nitrogen and oxygen atoms in total. The Morgan fingerprint density at radius 3 is 2.41 bits per heavy atom. The monoisotopic (exact) mass is 687 g/mol. The third kappa shape index (κ3) is 5.09. The van der Waals surface area contributed by atoms with Gasteiger partial charge in [-0.25, -0.2) is 4.98 Å². The van der Waals surface area contributed by atoms with Gasteiger partial charge in [-0.2, -0.15) is 6.07 Å². The van der Waals surface area contributed by atoms with E-state index in [2.05, 4.69) is 71.6 Å². The Balaban J connectivity index is 0.00000308. The van der Waals surface area contributed by atoms with Gasteiger partial charge >= 0.3 is 21.1 Å². The molecule has 0 radical (unpaired) electrons. The molecule has 0 N–H and O–H groups in total. The summed E-state index contributed by atoms with van der Waals surface area (Å²) in [4.78, 5) is 12.8. The topological polar surface area (TPSA) is 44.3 Å². The first kappa shape index (κ1) is 26.3. The third-order valence-electron chi connectivity index (χ3n) is 6.52. The maximum Gasteiger partial charge on any atom is 2.00 e. The normalized spacial score (nSPS) is 11.2. The molecule has 0 saturated carbocycles. The average Bonchev–Trinajstić information content (AvgIpc) is 3.26. The van der Waals surface area contributed by atoms with E-state index in [0.29, 0.717) is 22.7 Å². The molecular formula is C33H24N4OPt. The van der Waals surface area contributed by atoms with Crippen molar-refractivity contribution in [1.29, 1.82) is 0 Å². The van der Waals surface area contributed by atoms with Gasteiger partial charge in [-0.1, -0.05) is 68.8 Å². The average molecular weight is 688 g/mol. The summed E-state index contributed by atoms with van der Waals surface area (Å²) in [5.41, 5.74) is 5.00. The van der Waals surface area contributed by atoms with Crippen LogP contribution in [0.2, 0.25) is 0 Å². The van der Waals surface area contributed by atoms with Gasteiger partial charge in [0.15, 0.2) is 0 Å². The van der Waals surface area contributed by atoms with Crippen molar-refractivity contribution >= 4 is 27.5 Å². The minimum atomic E-state index is -0.0104. The molecule has 6 heteroatoms. The van der Waals surface area contributed by atoms with E-state index in [1.807, 2.05) is 48.7 Å². The van der Waals surface area contributed by atoms with E-state index in [0.717, 1.165) is 33.3 Å². The first-order valence-corrected chi connectivity index (χ1v) is 12.4. The van der Waals surface area contributed by atoms with Crippen LogP contribution in [0.25, 0.3) is 43.7 Å². The number of para-hydroxylation sites is 1. The second kappa shape index (κ2) is 10.5. The zero-order chi connectivity index (χ0) is 26.3. The molecule has 0 aliphatic carbocycles. The van der Waals surface area contributed by atoms with E-state index in [-0.39, 0.29) is 26.5 Å². The number of rotatable bonds is 4. The summed E-state index contributed by atoms with van der Waals surface area (Å²) in [6, 6.07) is 32.3. The van der Waals surface area contributed by atoms with Crippen LogP contribution < -0.4 is 4.74 Å². The number of nitrogens with zero attached hydrogens (tertiary/aromatic N) is 4. The van der Waals surface area contributed by atoms with Gasteiger partial charge in [0, 0.05) is 29.4 Å². The van der Waals surface area contributed by atoms with Gasteiger partial charge in [0.25, 0.3) is 0 Å². The summed E-state index contributed by atoms with van der Waals surface area (Å²) in [5, 5.41) is 2.18. The molecule has 0 aliphatic heterocycles. The van der Waals surface area contributed by atoms with Crippen LogP contribution in [0.15, 0.2) is 91.3 Å². The minimum absolute atomic E-state index is 0. The maximum atomic E-state index is 7.55. The van der Waals surface area contributed by atoms with Crippen LogP contribution in [0.1, 0.15) is 26.3 Å². The molecule has 0 fully saturated rings. The molecule has 6 aromatic rings. The van der Waals surface area contributed by atoms with Crippen molar-refractivity contribution in [3.05, 3.63) is 120 Å². The van der Waals surface area contributed by atoms with Gasteiger partial charge in [-0.05, 0) is 46.3 Å². The second-order valence-electron chi connectivity index (χ2n) is 10.1. The SMILES string of the molecule is [C-]#[N+]c1cc(Oc2[c-]c3c(cc2)c2ccccc2n3-c2cc(C(C)(C)C)ccn2)[c-]c(-c2ccccn2)c1.[Pt+2]. The van der Waals surface area contributed by atoms with E-state index >= 15 is 0 Å². The first-order valence-electron chi connectivity index (χ1n) is 12.4. The Morgan fingerprint density at radius 2 is 1.64 bits per heavy atom. The van der Waals surface area contributed by atoms with Crippen LogP contribution >= 0.6 is 0 Å². The largest absolute Gasteiger partial charge is 2.00 e. The van der Waals surface area contributed by atoms with Crippen LogP contribution in [0.5, 0.6) is 11.5 Å². The van der Waals surface area contributed by atoms with Gasteiger partial charge in [0.05, 0.1) is 6.57 Å². The van der Waals surface area contributed by atoms with E-state index in [1.165, 1.54) is 5.56 Å². The molecule has 0 spiro atoms. The van der Waals surface area contributed by atoms with E-state index in [9.17, 15) is 0 Å². The predicted octanol–water partition coefficient (Wildman–Crippen LogP) is 8.48. The second-order valence-corrected chi connectivity index (χ2v) is 10.1. The summed E-state index contributed by atoms with van der Waals surface area (Å²) in [6.45, 7) is 14.1. The molecule has 6 rings (SSSR count). The summed E-state index contributed by atoms with van der Waals surface area (Å²) >= 11 is 0. The van der Waals surface area contributed by atoms with Crippen LogP contribution in [0, 0.1) is 18.7 Å². The fourth-order valence-electron chi connectivity index (χ4n) is 4.61. The molecule has 192 valence electrons. The van der Waals surface area contributed by atoms with Crippen LogP contribution in [-0.4, -0.2) is 14.5 Å². The Labute approximate surface area is 242 Å². The number of aromatic nitrogens is 3. The number of fused-ring (bicyclic) bond motifs is 3. The number of hydrogen-bond acceptors (Lipinski definition) is 3. The zero-order valence-electron chi connectivity index (χ0n) is 21.7. The van der Waals surface area contributed by atoms with Crippen LogP contribution in [0.3, 0.4) is 0 Å². The quantitative estimate of drug-likeness (QED) is 0.175. The summed E-state index contributed by atoms with van der Waals surface area (Å²) in [5.74, 6) is 1.79. The van der Waals surface area contributed by atoms with E-state index in [4.69, 9.17) is 16.3 Å². The number of hydrogen-bond donors (Lipinski definition) is 0. The molecular weight excluding hydrogens is 663 g/mol. The van der Waals surface area contributed by atoms with Gasteiger partial charge in [0.1, 0.15) is 11.5 Å². The molecule has 0 bridgehead atoms. The first-order chi connectivity index (χ1) is 18.4. The van der Waals surface area contributed by atoms with Gasteiger partial charge in [0.2, 0.25) is 0 Å². The molecule has 3 aromatic carbocycles. The molecule has 39 heavy (non-hydrogen) atoms. The standard InChI is InChI=1S/C33H24N4O.Pt/c1-33(2,3)23-14-16-36-32(19-23)37-30-11-6-5-9-27(30)28-13-12-25(21-31(28)37)38-26-18-22(17-24(20-26)34-4)29-10-7-8-15-35-29;/h5-17,19-20H,1-3H3;/q-2;+2. The Bertz CT molecular complexity index is 1850. The van der Waals surface area contributed by atoms with Crippen molar-refractivity contribution in [1.82, 2.24) is 14.5 Å². The van der Waals surface area contributed by atoms with E-state index < -0.39 is 0 Å². The van der Waals surface area contributed by atoms with Gasteiger partial charge < -0.3 is 14.3 Å².